The topological polar surface area (TPSA) is 93.5 Å². The highest BCUT2D eigenvalue weighted by atomic mass is 32.2. The fourth-order valence-corrected chi connectivity index (χ4v) is 3.08. The fraction of sp³-hybridized carbons (Fsp3) is 0.353. The Bertz CT molecular complexity index is 690. The number of alkyl carbamates (subject to hydrolysis) is 1. The lowest BCUT2D eigenvalue weighted by molar-refractivity contribution is -0.138. The molecule has 2 N–H and O–H groups in total. The van der Waals surface area contributed by atoms with Crippen LogP contribution in [0.25, 0.3) is 0 Å². The number of aliphatic carboxylic acids is 1. The Morgan fingerprint density at radius 3 is 2.72 bits per heavy atom. The zero-order valence-electron chi connectivity index (χ0n) is 13.9. The fourth-order valence-electron chi connectivity index (χ4n) is 2.07. The predicted molar refractivity (Wildman–Crippen MR) is 95.4 cm³/mol. The van der Waals surface area contributed by atoms with E-state index in [0.29, 0.717) is 0 Å². The Kier molecular flexibility index (Phi) is 7.34. The summed E-state index contributed by atoms with van der Waals surface area (Å²) in [5, 5.41) is 15.7. The van der Waals surface area contributed by atoms with Crippen molar-refractivity contribution in [3.8, 4) is 0 Å². The molecular weight excluding hydrogens is 342 g/mol. The maximum absolute atomic E-state index is 11.8. The highest BCUT2D eigenvalue weighted by Gasteiger charge is 2.20. The number of nitrogens with zero attached hydrogens (tertiary/aromatic N) is 2. The van der Waals surface area contributed by atoms with Crippen LogP contribution in [0.4, 0.5) is 4.79 Å². The van der Waals surface area contributed by atoms with E-state index in [1.807, 2.05) is 43.6 Å². The van der Waals surface area contributed by atoms with Crippen molar-refractivity contribution in [2.75, 3.05) is 11.5 Å². The summed E-state index contributed by atoms with van der Waals surface area (Å²) in [6.07, 6.45) is 3.77. The molecule has 0 saturated heterocycles. The summed E-state index contributed by atoms with van der Waals surface area (Å²) in [6.45, 7) is 0.104. The summed E-state index contributed by atoms with van der Waals surface area (Å²) in [4.78, 5) is 23.1. The molecule has 1 unspecified atom stereocenters. The molecule has 134 valence electrons. The number of carboxylic acids is 1. The van der Waals surface area contributed by atoms with E-state index in [1.54, 1.807) is 10.9 Å². The van der Waals surface area contributed by atoms with Gasteiger partial charge in [0, 0.05) is 19.0 Å². The number of carbonyl (C=O) groups is 2. The Hall–Kier alpha value is -2.48. The van der Waals surface area contributed by atoms with Crippen LogP contribution in [0.5, 0.6) is 0 Å². The lowest BCUT2D eigenvalue weighted by Crippen LogP contribution is -2.42. The van der Waals surface area contributed by atoms with E-state index in [2.05, 4.69) is 10.4 Å². The summed E-state index contributed by atoms with van der Waals surface area (Å²) in [7, 11) is 1.85. The Morgan fingerprint density at radius 2 is 2.08 bits per heavy atom. The molecule has 0 spiro atoms. The first-order valence-corrected chi connectivity index (χ1v) is 8.95. The molecule has 7 nitrogen and oxygen atoms in total. The van der Waals surface area contributed by atoms with Crippen LogP contribution in [0.15, 0.2) is 42.7 Å². The van der Waals surface area contributed by atoms with Crippen molar-refractivity contribution in [2.45, 2.75) is 19.1 Å². The van der Waals surface area contributed by atoms with Gasteiger partial charge in [0.25, 0.3) is 0 Å². The summed E-state index contributed by atoms with van der Waals surface area (Å²) in [5.74, 6) is -0.0581. The van der Waals surface area contributed by atoms with Gasteiger partial charge < -0.3 is 15.2 Å². The molecule has 0 bridgehead atoms. The second-order valence-corrected chi connectivity index (χ2v) is 6.59. The molecule has 8 heteroatoms. The van der Waals surface area contributed by atoms with Gasteiger partial charge in [0.05, 0.1) is 6.20 Å². The highest BCUT2D eigenvalue weighted by Crippen LogP contribution is 2.09. The van der Waals surface area contributed by atoms with Gasteiger partial charge in [-0.3, -0.25) is 4.68 Å². The molecule has 0 radical (unpaired) electrons. The molecule has 1 aromatic carbocycles. The van der Waals surface area contributed by atoms with Crippen molar-refractivity contribution in [3.63, 3.8) is 0 Å². The minimum absolute atomic E-state index is 0.104. The van der Waals surface area contributed by atoms with Gasteiger partial charge in [-0.15, -0.1) is 0 Å². The first-order valence-electron chi connectivity index (χ1n) is 7.80. The summed E-state index contributed by atoms with van der Waals surface area (Å²) < 4.78 is 6.78. The van der Waals surface area contributed by atoms with Gasteiger partial charge in [-0.2, -0.15) is 16.9 Å². The largest absolute Gasteiger partial charge is 0.480 e. The number of benzene rings is 1. The van der Waals surface area contributed by atoms with E-state index in [4.69, 9.17) is 4.74 Å². The lowest BCUT2D eigenvalue weighted by atomic mass is 10.2. The number of rotatable bonds is 9. The van der Waals surface area contributed by atoms with E-state index in [1.165, 1.54) is 11.8 Å². The van der Waals surface area contributed by atoms with E-state index in [9.17, 15) is 14.7 Å². The SMILES string of the molecule is Cn1cc(CCSCC(NC(=O)OCc2ccccc2)C(=O)O)cn1. The number of thioether (sulfide) groups is 1. The predicted octanol–water partition coefficient (Wildman–Crippen LogP) is 2.08. The van der Waals surface area contributed by atoms with Gasteiger partial charge in [-0.1, -0.05) is 30.3 Å². The second-order valence-electron chi connectivity index (χ2n) is 5.44. The molecule has 0 saturated carbocycles. The smallest absolute Gasteiger partial charge is 0.408 e. The van der Waals surface area contributed by atoms with Crippen LogP contribution in [-0.2, 0) is 29.6 Å². The molecule has 0 aliphatic heterocycles. The Labute approximate surface area is 150 Å². The molecule has 0 aliphatic rings. The molecule has 2 rings (SSSR count). The third-order valence-electron chi connectivity index (χ3n) is 3.38. The van der Waals surface area contributed by atoms with Crippen molar-refractivity contribution < 1.29 is 19.4 Å². The Balaban J connectivity index is 1.70. The number of nitrogens with one attached hydrogen (secondary N) is 1. The monoisotopic (exact) mass is 363 g/mol. The van der Waals surface area contributed by atoms with Gasteiger partial charge in [-0.25, -0.2) is 9.59 Å². The number of aryl methyl sites for hydroxylation is 2. The van der Waals surface area contributed by atoms with Crippen LogP contribution >= 0.6 is 11.8 Å². The maximum atomic E-state index is 11.8. The number of amides is 1. The second kappa shape index (κ2) is 9.73. The molecule has 1 aromatic heterocycles. The van der Waals surface area contributed by atoms with Crippen LogP contribution in [0.1, 0.15) is 11.1 Å². The number of carboxylic acid groups (broad SMARTS) is 1. The molecule has 0 fully saturated rings. The zero-order valence-corrected chi connectivity index (χ0v) is 14.7. The van der Waals surface area contributed by atoms with Gasteiger partial charge in [0.2, 0.25) is 0 Å². The van der Waals surface area contributed by atoms with Gasteiger partial charge >= 0.3 is 12.1 Å². The van der Waals surface area contributed by atoms with Gasteiger partial charge in [-0.05, 0) is 23.3 Å². The first-order chi connectivity index (χ1) is 12.0. The van der Waals surface area contributed by atoms with Crippen molar-refractivity contribution in [2.24, 2.45) is 7.05 Å². The molecule has 1 amide bonds. The molecule has 1 atom stereocenters. The van der Waals surface area contributed by atoms with Crippen molar-refractivity contribution in [1.29, 1.82) is 0 Å². The van der Waals surface area contributed by atoms with E-state index in [0.717, 1.165) is 23.3 Å². The van der Waals surface area contributed by atoms with Crippen molar-refractivity contribution >= 4 is 23.8 Å². The molecular formula is C17H21N3O4S. The Morgan fingerprint density at radius 1 is 1.32 bits per heavy atom. The quantitative estimate of drug-likeness (QED) is 0.663. The number of aromatic nitrogens is 2. The first kappa shape index (κ1) is 18.9. The lowest BCUT2D eigenvalue weighted by Gasteiger charge is -2.14. The molecule has 2 aromatic rings. The maximum Gasteiger partial charge on any atom is 0.408 e. The molecule has 25 heavy (non-hydrogen) atoms. The van der Waals surface area contributed by atoms with E-state index >= 15 is 0 Å². The molecule has 1 heterocycles. The van der Waals surface area contributed by atoms with Gasteiger partial charge in [0.1, 0.15) is 12.6 Å². The van der Waals surface area contributed by atoms with Crippen LogP contribution < -0.4 is 5.32 Å². The van der Waals surface area contributed by atoms with Gasteiger partial charge in [0.15, 0.2) is 0 Å². The van der Waals surface area contributed by atoms with Crippen LogP contribution in [0, 0.1) is 0 Å². The highest BCUT2D eigenvalue weighted by molar-refractivity contribution is 7.99. The third-order valence-corrected chi connectivity index (χ3v) is 4.44. The standard InChI is InChI=1S/C17H21N3O4S/c1-20-10-14(9-18-20)7-8-25-12-15(16(21)22)19-17(23)24-11-13-5-3-2-4-6-13/h2-6,9-10,15H,7-8,11-12H2,1H3,(H,19,23)(H,21,22). The van der Waals surface area contributed by atoms with Crippen LogP contribution in [-0.4, -0.2) is 44.5 Å². The van der Waals surface area contributed by atoms with Crippen molar-refractivity contribution in [1.82, 2.24) is 15.1 Å². The minimum atomic E-state index is -1.08. The number of ether oxygens (including phenoxy) is 1. The van der Waals surface area contributed by atoms with Crippen LogP contribution in [0.2, 0.25) is 0 Å². The minimum Gasteiger partial charge on any atom is -0.480 e. The average Bonchev–Trinajstić information content (AvgIpc) is 3.01. The normalized spacial score (nSPS) is 11.7. The van der Waals surface area contributed by atoms with Crippen molar-refractivity contribution in [3.05, 3.63) is 53.9 Å². The van der Waals surface area contributed by atoms with E-state index in [-0.39, 0.29) is 12.4 Å². The third kappa shape index (κ3) is 6.88. The molecule has 0 aliphatic carbocycles. The van der Waals surface area contributed by atoms with E-state index < -0.39 is 18.1 Å². The summed E-state index contributed by atoms with van der Waals surface area (Å²) >= 11 is 1.46. The summed E-state index contributed by atoms with van der Waals surface area (Å²) in [5.41, 5.74) is 1.94. The number of hydrogen-bond acceptors (Lipinski definition) is 5. The number of carbonyl (C=O) groups excluding carboxylic acids is 1. The zero-order chi connectivity index (χ0) is 18.1. The number of hydrogen-bond donors (Lipinski definition) is 2. The summed E-state index contributed by atoms with van der Waals surface area (Å²) in [6, 6.07) is 8.23. The average molecular weight is 363 g/mol. The van der Waals surface area contributed by atoms with Crippen LogP contribution in [0.3, 0.4) is 0 Å².